The molecule has 0 bridgehead atoms. The van der Waals surface area contributed by atoms with Crippen LogP contribution in [0.25, 0.3) is 0 Å². The molecule has 68 valence electrons. The maximum atomic E-state index is 8.61. The molecule has 0 aliphatic carbocycles. The minimum absolute atomic E-state index is 0.498. The molecular weight excluding hydrogens is 160 g/mol. The highest BCUT2D eigenvalue weighted by atomic mass is 14.8. The lowest BCUT2D eigenvalue weighted by atomic mass is 10.0. The lowest BCUT2D eigenvalue weighted by Gasteiger charge is -2.10. The van der Waals surface area contributed by atoms with E-state index in [4.69, 9.17) is 5.26 Å². The van der Waals surface area contributed by atoms with Gasteiger partial charge in [0, 0.05) is 6.54 Å². The summed E-state index contributed by atoms with van der Waals surface area (Å²) in [5.41, 5.74) is 1.99. The van der Waals surface area contributed by atoms with Gasteiger partial charge in [0.15, 0.2) is 0 Å². The molecule has 0 aliphatic heterocycles. The molecule has 0 saturated heterocycles. The first-order valence-electron chi connectivity index (χ1n) is 4.42. The Morgan fingerprint density at radius 3 is 2.46 bits per heavy atom. The Bertz CT molecular complexity index is 295. The third-order valence-corrected chi connectivity index (χ3v) is 2.12. The number of benzene rings is 1. The van der Waals surface area contributed by atoms with Crippen LogP contribution in [0.3, 0.4) is 0 Å². The summed E-state index contributed by atoms with van der Waals surface area (Å²) in [6, 6.07) is 9.86. The van der Waals surface area contributed by atoms with Crippen LogP contribution in [-0.4, -0.2) is 13.6 Å². The van der Waals surface area contributed by atoms with Crippen molar-refractivity contribution in [1.82, 2.24) is 5.32 Å². The van der Waals surface area contributed by atoms with Crippen LogP contribution in [-0.2, 0) is 0 Å². The van der Waals surface area contributed by atoms with Crippen molar-refractivity contribution < 1.29 is 0 Å². The second-order valence-electron chi connectivity index (χ2n) is 3.19. The van der Waals surface area contributed by atoms with E-state index in [0.29, 0.717) is 5.92 Å². The SMILES string of the molecule is CNC[C@@H](C)c1ccc(C#N)cc1. The van der Waals surface area contributed by atoms with Gasteiger partial charge < -0.3 is 5.32 Å². The highest BCUT2D eigenvalue weighted by molar-refractivity contribution is 5.32. The zero-order valence-electron chi connectivity index (χ0n) is 8.04. The second kappa shape index (κ2) is 4.64. The van der Waals surface area contributed by atoms with Gasteiger partial charge in [0.1, 0.15) is 0 Å². The summed E-state index contributed by atoms with van der Waals surface area (Å²) in [4.78, 5) is 0. The van der Waals surface area contributed by atoms with E-state index >= 15 is 0 Å². The van der Waals surface area contributed by atoms with E-state index in [0.717, 1.165) is 12.1 Å². The van der Waals surface area contributed by atoms with Crippen LogP contribution in [0.1, 0.15) is 24.0 Å². The number of nitrogens with one attached hydrogen (secondary N) is 1. The van der Waals surface area contributed by atoms with E-state index in [2.05, 4.69) is 18.3 Å². The molecule has 0 unspecified atom stereocenters. The molecule has 1 aromatic carbocycles. The second-order valence-corrected chi connectivity index (χ2v) is 3.19. The number of nitrogens with zero attached hydrogens (tertiary/aromatic N) is 1. The Labute approximate surface area is 79.2 Å². The van der Waals surface area contributed by atoms with Gasteiger partial charge in [-0.15, -0.1) is 0 Å². The van der Waals surface area contributed by atoms with E-state index in [1.54, 1.807) is 0 Å². The molecule has 0 aliphatic rings. The van der Waals surface area contributed by atoms with Gasteiger partial charge in [-0.1, -0.05) is 19.1 Å². The van der Waals surface area contributed by atoms with Crippen LogP contribution in [0, 0.1) is 11.3 Å². The van der Waals surface area contributed by atoms with Crippen LogP contribution in [0.4, 0.5) is 0 Å². The maximum absolute atomic E-state index is 8.61. The summed E-state index contributed by atoms with van der Waals surface area (Å²) in [7, 11) is 1.94. The predicted molar refractivity (Wildman–Crippen MR) is 53.5 cm³/mol. The summed E-state index contributed by atoms with van der Waals surface area (Å²) < 4.78 is 0. The first-order chi connectivity index (χ1) is 6.27. The van der Waals surface area contributed by atoms with E-state index in [9.17, 15) is 0 Å². The number of hydrogen-bond acceptors (Lipinski definition) is 2. The fourth-order valence-corrected chi connectivity index (χ4v) is 1.31. The first kappa shape index (κ1) is 9.76. The molecule has 1 N–H and O–H groups in total. The van der Waals surface area contributed by atoms with Crippen LogP contribution in [0.2, 0.25) is 0 Å². The monoisotopic (exact) mass is 174 g/mol. The number of hydrogen-bond donors (Lipinski definition) is 1. The summed E-state index contributed by atoms with van der Waals surface area (Å²) in [6.07, 6.45) is 0. The van der Waals surface area contributed by atoms with Crippen LogP contribution >= 0.6 is 0 Å². The molecule has 2 nitrogen and oxygen atoms in total. The van der Waals surface area contributed by atoms with Crippen LogP contribution in [0.15, 0.2) is 24.3 Å². The van der Waals surface area contributed by atoms with Gasteiger partial charge >= 0.3 is 0 Å². The van der Waals surface area contributed by atoms with Gasteiger partial charge in [-0.3, -0.25) is 0 Å². The molecule has 0 amide bonds. The predicted octanol–water partition coefficient (Wildman–Crippen LogP) is 1.88. The molecule has 2 heteroatoms. The third-order valence-electron chi connectivity index (χ3n) is 2.12. The molecule has 0 aromatic heterocycles. The quantitative estimate of drug-likeness (QED) is 0.759. The van der Waals surface area contributed by atoms with E-state index in [1.807, 2.05) is 31.3 Å². The van der Waals surface area contributed by atoms with Gasteiger partial charge in [0.25, 0.3) is 0 Å². The minimum Gasteiger partial charge on any atom is -0.319 e. The Hall–Kier alpha value is -1.33. The van der Waals surface area contributed by atoms with Gasteiger partial charge in [-0.25, -0.2) is 0 Å². The highest BCUT2D eigenvalue weighted by Gasteiger charge is 2.02. The van der Waals surface area contributed by atoms with Gasteiger partial charge in [0.2, 0.25) is 0 Å². The fraction of sp³-hybridized carbons (Fsp3) is 0.364. The average Bonchev–Trinajstić information content (AvgIpc) is 2.18. The molecule has 1 aromatic rings. The van der Waals surface area contributed by atoms with E-state index in [-0.39, 0.29) is 0 Å². The Kier molecular flexibility index (Phi) is 3.48. The van der Waals surface area contributed by atoms with Crippen LogP contribution < -0.4 is 5.32 Å². The van der Waals surface area contributed by atoms with Gasteiger partial charge in [0.05, 0.1) is 11.6 Å². The third kappa shape index (κ3) is 2.57. The molecule has 1 atom stereocenters. The zero-order chi connectivity index (χ0) is 9.68. The smallest absolute Gasteiger partial charge is 0.0991 e. The van der Waals surface area contributed by atoms with Crippen molar-refractivity contribution in [1.29, 1.82) is 5.26 Å². The summed E-state index contributed by atoms with van der Waals surface area (Å²) >= 11 is 0. The fourth-order valence-electron chi connectivity index (χ4n) is 1.31. The van der Waals surface area contributed by atoms with E-state index < -0.39 is 0 Å². The number of rotatable bonds is 3. The largest absolute Gasteiger partial charge is 0.319 e. The average molecular weight is 174 g/mol. The molecule has 1 rings (SSSR count). The minimum atomic E-state index is 0.498. The lowest BCUT2D eigenvalue weighted by molar-refractivity contribution is 0.678. The Morgan fingerprint density at radius 2 is 2.00 bits per heavy atom. The lowest BCUT2D eigenvalue weighted by Crippen LogP contribution is -2.14. The summed E-state index contributed by atoms with van der Waals surface area (Å²) in [5, 5.41) is 11.7. The van der Waals surface area contributed by atoms with Crippen molar-refractivity contribution in [3.63, 3.8) is 0 Å². The molecule has 0 heterocycles. The van der Waals surface area contributed by atoms with Crippen molar-refractivity contribution >= 4 is 0 Å². The first-order valence-corrected chi connectivity index (χ1v) is 4.42. The molecule has 0 fully saturated rings. The molecule has 0 radical (unpaired) electrons. The topological polar surface area (TPSA) is 35.8 Å². The number of likely N-dealkylation sites (N-methyl/N-ethyl adjacent to an activating group) is 1. The molecular formula is C11H14N2. The Morgan fingerprint density at radius 1 is 1.38 bits per heavy atom. The van der Waals surface area contributed by atoms with Gasteiger partial charge in [-0.05, 0) is 30.7 Å². The Balaban J connectivity index is 2.75. The van der Waals surface area contributed by atoms with Crippen molar-refractivity contribution in [3.8, 4) is 6.07 Å². The van der Waals surface area contributed by atoms with Crippen molar-refractivity contribution in [3.05, 3.63) is 35.4 Å². The molecule has 0 saturated carbocycles. The van der Waals surface area contributed by atoms with E-state index in [1.165, 1.54) is 5.56 Å². The zero-order valence-corrected chi connectivity index (χ0v) is 8.04. The number of nitriles is 1. The van der Waals surface area contributed by atoms with Gasteiger partial charge in [-0.2, -0.15) is 5.26 Å². The maximum Gasteiger partial charge on any atom is 0.0991 e. The van der Waals surface area contributed by atoms with Crippen molar-refractivity contribution in [2.75, 3.05) is 13.6 Å². The highest BCUT2D eigenvalue weighted by Crippen LogP contribution is 2.14. The molecule has 13 heavy (non-hydrogen) atoms. The normalized spacial score (nSPS) is 12.1. The summed E-state index contributed by atoms with van der Waals surface area (Å²) in [6.45, 7) is 3.13. The van der Waals surface area contributed by atoms with Crippen molar-refractivity contribution in [2.45, 2.75) is 12.8 Å². The van der Waals surface area contributed by atoms with Crippen molar-refractivity contribution in [2.24, 2.45) is 0 Å². The standard InChI is InChI=1S/C11H14N2/c1-9(8-13-2)11-5-3-10(7-12)4-6-11/h3-6,9,13H,8H2,1-2H3/t9-/m1/s1. The molecule has 0 spiro atoms. The summed E-state index contributed by atoms with van der Waals surface area (Å²) in [5.74, 6) is 0.498. The van der Waals surface area contributed by atoms with Crippen LogP contribution in [0.5, 0.6) is 0 Å².